The van der Waals surface area contributed by atoms with Crippen molar-refractivity contribution in [3.8, 4) is 0 Å². The number of amides is 1. The molecular weight excluding hydrogens is 406 g/mol. The molecule has 1 N–H and O–H groups in total. The number of sulfonamides is 1. The van der Waals surface area contributed by atoms with Gasteiger partial charge in [-0.25, -0.2) is 22.3 Å². The molecule has 0 atom stereocenters. The Kier molecular flexibility index (Phi) is 5.44. The number of carbonyl (C=O) groups excluding carboxylic acids is 1. The third kappa shape index (κ3) is 3.88. The first-order chi connectivity index (χ1) is 14.4. The van der Waals surface area contributed by atoms with Crippen LogP contribution in [0.25, 0.3) is 5.65 Å². The predicted octanol–water partition coefficient (Wildman–Crippen LogP) is 1.62. The number of pyridine rings is 1. The molecule has 158 valence electrons. The van der Waals surface area contributed by atoms with Gasteiger partial charge in [-0.15, -0.1) is 5.10 Å². The van der Waals surface area contributed by atoms with Crippen LogP contribution in [0, 0.1) is 6.92 Å². The van der Waals surface area contributed by atoms with Gasteiger partial charge in [-0.2, -0.15) is 4.31 Å². The van der Waals surface area contributed by atoms with E-state index in [-0.39, 0.29) is 17.1 Å². The van der Waals surface area contributed by atoms with Crippen molar-refractivity contribution in [1.82, 2.24) is 18.5 Å². The van der Waals surface area contributed by atoms with Crippen LogP contribution >= 0.6 is 0 Å². The van der Waals surface area contributed by atoms with E-state index in [2.05, 4.69) is 10.4 Å². The molecule has 0 unspecified atom stereocenters. The Morgan fingerprint density at radius 2 is 1.80 bits per heavy atom. The van der Waals surface area contributed by atoms with Crippen molar-refractivity contribution in [1.29, 1.82) is 0 Å². The van der Waals surface area contributed by atoms with E-state index in [0.29, 0.717) is 18.8 Å². The van der Waals surface area contributed by atoms with Crippen molar-refractivity contribution in [2.45, 2.75) is 37.6 Å². The maximum absolute atomic E-state index is 13.1. The lowest BCUT2D eigenvalue weighted by Crippen LogP contribution is -2.35. The molecule has 1 aromatic carbocycles. The number of anilines is 1. The van der Waals surface area contributed by atoms with Crippen LogP contribution in [0.5, 0.6) is 0 Å². The van der Waals surface area contributed by atoms with Crippen LogP contribution in [0.4, 0.5) is 5.69 Å². The first-order valence-corrected chi connectivity index (χ1v) is 11.2. The number of nitrogens with zero attached hydrogens (tertiary/aromatic N) is 4. The molecule has 30 heavy (non-hydrogen) atoms. The fourth-order valence-corrected chi connectivity index (χ4v) is 5.17. The minimum Gasteiger partial charge on any atom is -0.324 e. The van der Waals surface area contributed by atoms with E-state index >= 15 is 0 Å². The number of hydrogen-bond donors (Lipinski definition) is 1. The first kappa shape index (κ1) is 20.3. The van der Waals surface area contributed by atoms with Gasteiger partial charge >= 0.3 is 5.69 Å². The summed E-state index contributed by atoms with van der Waals surface area (Å²) in [6.45, 7) is 2.52. The highest BCUT2D eigenvalue weighted by Crippen LogP contribution is 2.22. The average molecular weight is 430 g/mol. The van der Waals surface area contributed by atoms with E-state index in [4.69, 9.17) is 0 Å². The van der Waals surface area contributed by atoms with Gasteiger partial charge in [-0.3, -0.25) is 4.79 Å². The van der Waals surface area contributed by atoms with Gasteiger partial charge in [0.25, 0.3) is 0 Å². The van der Waals surface area contributed by atoms with Crippen LogP contribution in [0.3, 0.4) is 0 Å². The molecule has 1 saturated heterocycles. The summed E-state index contributed by atoms with van der Waals surface area (Å²) in [7, 11) is -3.78. The fraction of sp³-hybridized carbons (Fsp3) is 0.350. The summed E-state index contributed by atoms with van der Waals surface area (Å²) in [5.74, 6) is -0.426. The van der Waals surface area contributed by atoms with Crippen molar-refractivity contribution in [2.24, 2.45) is 0 Å². The SMILES string of the molecule is Cc1ccc(NC(=O)Cn2nc3c(S(=O)(=O)N4CCCCC4)cccn3c2=O)cc1. The van der Waals surface area contributed by atoms with E-state index in [1.165, 1.54) is 22.6 Å². The highest BCUT2D eigenvalue weighted by molar-refractivity contribution is 7.89. The molecule has 1 aliphatic heterocycles. The third-order valence-electron chi connectivity index (χ3n) is 5.14. The lowest BCUT2D eigenvalue weighted by atomic mass is 10.2. The largest absolute Gasteiger partial charge is 0.350 e. The quantitative estimate of drug-likeness (QED) is 0.663. The maximum Gasteiger partial charge on any atom is 0.350 e. The first-order valence-electron chi connectivity index (χ1n) is 9.81. The molecule has 2 aromatic heterocycles. The van der Waals surface area contributed by atoms with Crippen molar-refractivity contribution >= 4 is 27.3 Å². The van der Waals surface area contributed by atoms with Gasteiger partial charge < -0.3 is 5.32 Å². The maximum atomic E-state index is 13.1. The van der Waals surface area contributed by atoms with Gasteiger partial charge in [0.15, 0.2) is 5.65 Å². The van der Waals surface area contributed by atoms with E-state index in [9.17, 15) is 18.0 Å². The fourth-order valence-electron chi connectivity index (χ4n) is 3.54. The molecular formula is C20H23N5O4S. The van der Waals surface area contributed by atoms with E-state index in [0.717, 1.165) is 33.9 Å². The van der Waals surface area contributed by atoms with Gasteiger partial charge in [0.1, 0.15) is 11.4 Å². The Morgan fingerprint density at radius 1 is 1.10 bits per heavy atom. The molecule has 3 aromatic rings. The van der Waals surface area contributed by atoms with Crippen LogP contribution < -0.4 is 11.0 Å². The normalized spacial score (nSPS) is 15.4. The predicted molar refractivity (Wildman–Crippen MR) is 112 cm³/mol. The van der Waals surface area contributed by atoms with Crippen LogP contribution in [0.1, 0.15) is 24.8 Å². The molecule has 0 saturated carbocycles. The number of fused-ring (bicyclic) bond motifs is 1. The Bertz CT molecular complexity index is 1240. The monoisotopic (exact) mass is 429 g/mol. The Morgan fingerprint density at radius 3 is 2.50 bits per heavy atom. The van der Waals surface area contributed by atoms with Crippen LogP contribution in [-0.2, 0) is 21.4 Å². The molecule has 9 nitrogen and oxygen atoms in total. The van der Waals surface area contributed by atoms with Crippen LogP contribution in [0.2, 0.25) is 0 Å². The molecule has 0 radical (unpaired) electrons. The van der Waals surface area contributed by atoms with Gasteiger partial charge in [0, 0.05) is 25.0 Å². The lowest BCUT2D eigenvalue weighted by molar-refractivity contribution is -0.117. The summed E-state index contributed by atoms with van der Waals surface area (Å²) < 4.78 is 29.8. The zero-order valence-electron chi connectivity index (χ0n) is 16.6. The number of carbonyl (C=O) groups is 1. The molecule has 4 rings (SSSR count). The van der Waals surface area contributed by atoms with Crippen molar-refractivity contribution < 1.29 is 13.2 Å². The summed E-state index contributed by atoms with van der Waals surface area (Å²) in [5, 5.41) is 6.88. The number of benzene rings is 1. The van der Waals surface area contributed by atoms with E-state index < -0.39 is 21.6 Å². The standard InChI is InChI=1S/C20H23N5O4S/c1-15-7-9-16(10-8-15)21-18(26)14-25-20(27)24-13-5-6-17(19(24)22-25)30(28,29)23-11-3-2-4-12-23/h5-10,13H,2-4,11-12,14H2,1H3,(H,21,26). The minimum absolute atomic E-state index is 0.0243. The highest BCUT2D eigenvalue weighted by atomic mass is 32.2. The Labute approximate surface area is 174 Å². The lowest BCUT2D eigenvalue weighted by Gasteiger charge is -2.25. The number of rotatable bonds is 5. The van der Waals surface area contributed by atoms with Crippen LogP contribution in [0.15, 0.2) is 52.3 Å². The minimum atomic E-state index is -3.78. The van der Waals surface area contributed by atoms with Gasteiger partial charge in [0.2, 0.25) is 15.9 Å². The number of aromatic nitrogens is 3. The molecule has 1 amide bonds. The zero-order chi connectivity index (χ0) is 21.3. The molecule has 0 spiro atoms. The number of hydrogen-bond acceptors (Lipinski definition) is 5. The van der Waals surface area contributed by atoms with Crippen molar-refractivity contribution in [3.05, 3.63) is 58.6 Å². The highest BCUT2D eigenvalue weighted by Gasteiger charge is 2.29. The molecule has 0 bridgehead atoms. The summed E-state index contributed by atoms with van der Waals surface area (Å²) in [4.78, 5) is 25.0. The zero-order valence-corrected chi connectivity index (χ0v) is 17.4. The van der Waals surface area contributed by atoms with E-state index in [1.54, 1.807) is 12.1 Å². The Balaban J connectivity index is 1.64. The number of aryl methyl sites for hydroxylation is 1. The smallest absolute Gasteiger partial charge is 0.324 e. The second kappa shape index (κ2) is 8.04. The second-order valence-electron chi connectivity index (χ2n) is 7.39. The Hall–Kier alpha value is -2.98. The van der Waals surface area contributed by atoms with Gasteiger partial charge in [-0.05, 0) is 44.0 Å². The average Bonchev–Trinajstić information content (AvgIpc) is 3.05. The third-order valence-corrected chi connectivity index (χ3v) is 7.05. The second-order valence-corrected chi connectivity index (χ2v) is 9.29. The van der Waals surface area contributed by atoms with Crippen molar-refractivity contribution in [3.63, 3.8) is 0 Å². The molecule has 1 fully saturated rings. The van der Waals surface area contributed by atoms with Crippen molar-refractivity contribution in [2.75, 3.05) is 18.4 Å². The summed E-state index contributed by atoms with van der Waals surface area (Å²) in [5.41, 5.74) is 1.12. The molecule has 0 aliphatic carbocycles. The molecule has 10 heteroatoms. The topological polar surface area (TPSA) is 106 Å². The summed E-state index contributed by atoms with van der Waals surface area (Å²) in [6, 6.07) is 10.2. The molecule has 3 heterocycles. The summed E-state index contributed by atoms with van der Waals surface area (Å²) in [6.07, 6.45) is 4.07. The number of nitrogens with one attached hydrogen (secondary N) is 1. The van der Waals surface area contributed by atoms with Gasteiger partial charge in [-0.1, -0.05) is 24.1 Å². The summed E-state index contributed by atoms with van der Waals surface area (Å²) >= 11 is 0. The molecule has 1 aliphatic rings. The van der Waals surface area contributed by atoms with Gasteiger partial charge in [0.05, 0.1) is 0 Å². The number of piperidine rings is 1. The van der Waals surface area contributed by atoms with E-state index in [1.807, 2.05) is 19.1 Å². The van der Waals surface area contributed by atoms with Crippen LogP contribution in [-0.4, -0.2) is 45.9 Å².